The third-order valence-electron chi connectivity index (χ3n) is 3.60. The summed E-state index contributed by atoms with van der Waals surface area (Å²) < 4.78 is 0. The molecule has 1 aliphatic heterocycles. The zero-order valence-electron chi connectivity index (χ0n) is 12.1. The van der Waals surface area contributed by atoms with Crippen LogP contribution in [-0.4, -0.2) is 34.7 Å². The predicted molar refractivity (Wildman–Crippen MR) is 92.4 cm³/mol. The van der Waals surface area contributed by atoms with Gasteiger partial charge in [0.2, 0.25) is 5.91 Å². The first-order valence-electron chi connectivity index (χ1n) is 7.13. The summed E-state index contributed by atoms with van der Waals surface area (Å²) >= 11 is 13.6. The zero-order valence-corrected chi connectivity index (χ0v) is 14.4. The quantitative estimate of drug-likeness (QED) is 0.772. The predicted octanol–water partition coefficient (Wildman–Crippen LogP) is 2.70. The van der Waals surface area contributed by atoms with E-state index >= 15 is 0 Å². The summed E-state index contributed by atoms with van der Waals surface area (Å²) in [7, 11) is 0. The number of nitrogens with one attached hydrogen (secondary N) is 2. The minimum Gasteiger partial charge on any atom is -0.392 e. The molecule has 2 atom stereocenters. The van der Waals surface area contributed by atoms with Crippen LogP contribution >= 0.6 is 34.5 Å². The van der Waals surface area contributed by atoms with E-state index in [0.29, 0.717) is 34.6 Å². The molecule has 2 heterocycles. The van der Waals surface area contributed by atoms with Gasteiger partial charge in [-0.1, -0.05) is 35.3 Å². The average molecular weight is 372 g/mol. The van der Waals surface area contributed by atoms with E-state index in [9.17, 15) is 9.90 Å². The number of benzene rings is 1. The van der Waals surface area contributed by atoms with Gasteiger partial charge in [-0.05, 0) is 18.1 Å². The summed E-state index contributed by atoms with van der Waals surface area (Å²) in [5, 5.41) is 16.8. The number of thiazole rings is 1. The fraction of sp³-hybridized carbons (Fsp3) is 0.333. The van der Waals surface area contributed by atoms with Crippen LogP contribution in [0.25, 0.3) is 0 Å². The fourth-order valence-electron chi connectivity index (χ4n) is 2.43. The molecular weight excluding hydrogens is 357 g/mol. The minimum absolute atomic E-state index is 0.178. The monoisotopic (exact) mass is 371 g/mol. The van der Waals surface area contributed by atoms with E-state index in [2.05, 4.69) is 15.6 Å². The lowest BCUT2D eigenvalue weighted by Gasteiger charge is -2.08. The molecule has 1 amide bonds. The highest BCUT2D eigenvalue weighted by atomic mass is 35.5. The summed E-state index contributed by atoms with van der Waals surface area (Å²) in [5.74, 6) is -0.178. The van der Waals surface area contributed by atoms with Crippen molar-refractivity contribution in [3.63, 3.8) is 0 Å². The summed E-state index contributed by atoms with van der Waals surface area (Å²) in [4.78, 5) is 17.3. The van der Waals surface area contributed by atoms with Crippen molar-refractivity contribution >= 4 is 45.6 Å². The molecule has 8 heteroatoms. The van der Waals surface area contributed by atoms with Crippen molar-refractivity contribution < 1.29 is 9.90 Å². The van der Waals surface area contributed by atoms with Crippen LogP contribution in [0.15, 0.2) is 24.4 Å². The SMILES string of the molecule is O=C(Nc1ncc(Cc2cccc(Cl)c2Cl)s1)C1CC(O)CN1. The van der Waals surface area contributed by atoms with Gasteiger partial charge in [-0.3, -0.25) is 4.79 Å². The number of aromatic nitrogens is 1. The lowest BCUT2D eigenvalue weighted by atomic mass is 10.1. The van der Waals surface area contributed by atoms with Crippen LogP contribution in [0, 0.1) is 0 Å². The van der Waals surface area contributed by atoms with Crippen LogP contribution in [0.3, 0.4) is 0 Å². The van der Waals surface area contributed by atoms with Crippen molar-refractivity contribution in [1.29, 1.82) is 0 Å². The fourth-order valence-corrected chi connectivity index (χ4v) is 3.65. The van der Waals surface area contributed by atoms with E-state index in [4.69, 9.17) is 23.2 Å². The number of amides is 1. The highest BCUT2D eigenvalue weighted by Crippen LogP contribution is 2.29. The van der Waals surface area contributed by atoms with E-state index in [-0.39, 0.29) is 11.9 Å². The highest BCUT2D eigenvalue weighted by molar-refractivity contribution is 7.15. The number of nitrogens with zero attached hydrogens (tertiary/aromatic N) is 1. The first-order chi connectivity index (χ1) is 11.0. The number of aliphatic hydroxyl groups excluding tert-OH is 1. The van der Waals surface area contributed by atoms with Crippen molar-refractivity contribution in [3.05, 3.63) is 44.9 Å². The molecule has 0 radical (unpaired) electrons. The number of hydrogen-bond acceptors (Lipinski definition) is 5. The zero-order chi connectivity index (χ0) is 16.4. The van der Waals surface area contributed by atoms with Gasteiger partial charge in [-0.15, -0.1) is 11.3 Å². The van der Waals surface area contributed by atoms with Gasteiger partial charge in [0.25, 0.3) is 0 Å². The van der Waals surface area contributed by atoms with E-state index in [1.165, 1.54) is 11.3 Å². The maximum atomic E-state index is 12.1. The molecular formula is C15H15Cl2N3O2S. The minimum atomic E-state index is -0.470. The molecule has 5 nitrogen and oxygen atoms in total. The second kappa shape index (κ2) is 7.15. The van der Waals surface area contributed by atoms with Crippen LogP contribution in [0.5, 0.6) is 0 Å². The van der Waals surface area contributed by atoms with E-state index < -0.39 is 6.10 Å². The third-order valence-corrected chi connectivity index (χ3v) is 5.37. The molecule has 0 spiro atoms. The Bertz CT molecular complexity index is 722. The smallest absolute Gasteiger partial charge is 0.243 e. The molecule has 0 aliphatic carbocycles. The third kappa shape index (κ3) is 4.02. The second-order valence-electron chi connectivity index (χ2n) is 5.36. The Kier molecular flexibility index (Phi) is 5.18. The average Bonchev–Trinajstić information content (AvgIpc) is 3.13. The Balaban J connectivity index is 1.64. The Hall–Kier alpha value is -1.18. The van der Waals surface area contributed by atoms with Gasteiger partial charge in [-0.2, -0.15) is 0 Å². The van der Waals surface area contributed by atoms with Crippen molar-refractivity contribution in [3.8, 4) is 0 Å². The van der Waals surface area contributed by atoms with Crippen molar-refractivity contribution in [2.45, 2.75) is 25.0 Å². The molecule has 0 bridgehead atoms. The number of rotatable bonds is 4. The number of hydrogen-bond donors (Lipinski definition) is 3. The molecule has 0 saturated carbocycles. The Morgan fingerprint density at radius 3 is 3.04 bits per heavy atom. The number of β-amino-alcohol motifs (C(OH)–C–C–N with tert-alkyl or cyclic N) is 1. The Morgan fingerprint density at radius 1 is 1.48 bits per heavy atom. The summed E-state index contributed by atoms with van der Waals surface area (Å²) in [6.45, 7) is 0.439. The maximum absolute atomic E-state index is 12.1. The van der Waals surface area contributed by atoms with Crippen molar-refractivity contribution in [2.75, 3.05) is 11.9 Å². The molecule has 23 heavy (non-hydrogen) atoms. The molecule has 3 N–H and O–H groups in total. The lowest BCUT2D eigenvalue weighted by Crippen LogP contribution is -2.35. The number of aliphatic hydroxyl groups is 1. The first kappa shape index (κ1) is 16.7. The molecule has 1 fully saturated rings. The highest BCUT2D eigenvalue weighted by Gasteiger charge is 2.28. The van der Waals surface area contributed by atoms with Crippen molar-refractivity contribution in [2.24, 2.45) is 0 Å². The Labute approximate surface area is 147 Å². The van der Waals surface area contributed by atoms with Gasteiger partial charge in [0, 0.05) is 24.0 Å². The van der Waals surface area contributed by atoms with Crippen molar-refractivity contribution in [1.82, 2.24) is 10.3 Å². The molecule has 122 valence electrons. The first-order valence-corrected chi connectivity index (χ1v) is 8.70. The number of carbonyl (C=O) groups is 1. The number of halogens is 2. The Morgan fingerprint density at radius 2 is 2.30 bits per heavy atom. The van der Waals surface area contributed by atoms with Crippen LogP contribution in [0.1, 0.15) is 16.9 Å². The number of carbonyl (C=O) groups excluding carboxylic acids is 1. The molecule has 3 rings (SSSR count). The van der Waals surface area contributed by atoms with Gasteiger partial charge >= 0.3 is 0 Å². The van der Waals surface area contributed by atoms with Gasteiger partial charge in [-0.25, -0.2) is 4.98 Å². The van der Waals surface area contributed by atoms with Crippen LogP contribution in [0.2, 0.25) is 10.0 Å². The van der Waals surface area contributed by atoms with E-state index in [0.717, 1.165) is 10.4 Å². The normalized spacial score (nSPS) is 20.7. The standard InChI is InChI=1S/C15H15Cl2N3O2S/c16-11-3-1-2-8(13(11)17)4-10-7-19-15(23-10)20-14(22)12-5-9(21)6-18-12/h1-3,7,9,12,18,21H,4-6H2,(H,19,20,22). The largest absolute Gasteiger partial charge is 0.392 e. The molecule has 1 aromatic heterocycles. The summed E-state index contributed by atoms with van der Waals surface area (Å²) in [6.07, 6.45) is 2.27. The second-order valence-corrected chi connectivity index (χ2v) is 7.26. The van der Waals surface area contributed by atoms with Crippen LogP contribution in [-0.2, 0) is 11.2 Å². The molecule has 2 aromatic rings. The van der Waals surface area contributed by atoms with Crippen LogP contribution in [0.4, 0.5) is 5.13 Å². The molecule has 1 aromatic carbocycles. The molecule has 2 unspecified atom stereocenters. The van der Waals surface area contributed by atoms with Gasteiger partial charge in [0.15, 0.2) is 5.13 Å². The van der Waals surface area contributed by atoms with Gasteiger partial charge < -0.3 is 15.7 Å². The van der Waals surface area contributed by atoms with E-state index in [1.807, 2.05) is 12.1 Å². The lowest BCUT2D eigenvalue weighted by molar-refractivity contribution is -0.117. The van der Waals surface area contributed by atoms with Gasteiger partial charge in [0.05, 0.1) is 22.2 Å². The summed E-state index contributed by atoms with van der Waals surface area (Å²) in [6, 6.07) is 5.13. The summed E-state index contributed by atoms with van der Waals surface area (Å²) in [5.41, 5.74) is 0.918. The maximum Gasteiger partial charge on any atom is 0.243 e. The van der Waals surface area contributed by atoms with E-state index in [1.54, 1.807) is 12.3 Å². The number of anilines is 1. The molecule has 1 aliphatic rings. The molecule has 1 saturated heterocycles. The van der Waals surface area contributed by atoms with Gasteiger partial charge in [0.1, 0.15) is 0 Å². The van der Waals surface area contributed by atoms with Crippen LogP contribution < -0.4 is 10.6 Å². The topological polar surface area (TPSA) is 74.2 Å².